The van der Waals surface area contributed by atoms with E-state index >= 15 is 0 Å². The molecule has 0 N–H and O–H groups in total. The molecule has 0 spiro atoms. The average Bonchev–Trinajstić information content (AvgIpc) is 3.17. The number of fused-ring (bicyclic) bond motifs is 1. The molecule has 0 amide bonds. The fraction of sp³-hybridized carbons (Fsp3) is 0.320. The van der Waals surface area contributed by atoms with Gasteiger partial charge in [0.1, 0.15) is 11.9 Å². The van der Waals surface area contributed by atoms with Crippen LogP contribution < -0.4 is 0 Å². The zero-order valence-electron chi connectivity index (χ0n) is 18.3. The van der Waals surface area contributed by atoms with Crippen molar-refractivity contribution < 1.29 is 4.74 Å². The van der Waals surface area contributed by atoms with E-state index in [1.807, 2.05) is 30.3 Å². The molecule has 0 saturated carbocycles. The molecule has 0 bridgehead atoms. The Morgan fingerprint density at radius 3 is 2.78 bits per heavy atom. The monoisotopic (exact) mass is 447 g/mol. The maximum absolute atomic E-state index is 6.22. The zero-order valence-corrected chi connectivity index (χ0v) is 19.0. The highest BCUT2D eigenvalue weighted by atomic mass is 35.5. The van der Waals surface area contributed by atoms with E-state index in [0.29, 0.717) is 17.7 Å². The Hall–Kier alpha value is -2.80. The number of imidazole rings is 1. The molecule has 1 unspecified atom stereocenters. The fourth-order valence-corrected chi connectivity index (χ4v) is 4.63. The third-order valence-corrected chi connectivity index (χ3v) is 6.07. The number of hydrogen-bond donors (Lipinski definition) is 0. The normalized spacial score (nSPS) is 17.3. The highest BCUT2D eigenvalue weighted by Crippen LogP contribution is 2.31. The van der Waals surface area contributed by atoms with Crippen molar-refractivity contribution >= 4 is 22.6 Å². The first-order valence-electron chi connectivity index (χ1n) is 11.0. The molecule has 3 heterocycles. The first-order chi connectivity index (χ1) is 15.6. The number of halogens is 1. The van der Waals surface area contributed by atoms with E-state index in [-0.39, 0.29) is 6.10 Å². The van der Waals surface area contributed by atoms with Gasteiger partial charge >= 0.3 is 0 Å². The van der Waals surface area contributed by atoms with Crippen LogP contribution in [0, 0.1) is 0 Å². The summed E-state index contributed by atoms with van der Waals surface area (Å²) in [6, 6.07) is 16.4. The van der Waals surface area contributed by atoms with E-state index in [1.54, 1.807) is 12.4 Å². The zero-order chi connectivity index (χ0) is 22.1. The van der Waals surface area contributed by atoms with Crippen LogP contribution in [0.5, 0.6) is 0 Å². The molecular formula is C25H26ClN5O. The lowest BCUT2D eigenvalue weighted by Gasteiger charge is -2.33. The van der Waals surface area contributed by atoms with Crippen LogP contribution in [0.4, 0.5) is 0 Å². The first-order valence-corrected chi connectivity index (χ1v) is 11.3. The van der Waals surface area contributed by atoms with Crippen molar-refractivity contribution in [1.82, 2.24) is 24.4 Å². The lowest BCUT2D eigenvalue weighted by molar-refractivity contribution is -0.0358. The predicted molar refractivity (Wildman–Crippen MR) is 127 cm³/mol. The number of para-hydroxylation sites is 2. The number of rotatable bonds is 5. The van der Waals surface area contributed by atoms with Gasteiger partial charge in [-0.25, -0.2) is 4.98 Å². The Bertz CT molecular complexity index is 1240. The van der Waals surface area contributed by atoms with Crippen molar-refractivity contribution in [3.63, 3.8) is 0 Å². The van der Waals surface area contributed by atoms with E-state index in [0.717, 1.165) is 47.9 Å². The van der Waals surface area contributed by atoms with E-state index < -0.39 is 0 Å². The Morgan fingerprint density at radius 1 is 1.09 bits per heavy atom. The lowest BCUT2D eigenvalue weighted by Crippen LogP contribution is -2.39. The minimum atomic E-state index is -0.164. The van der Waals surface area contributed by atoms with Gasteiger partial charge in [-0.1, -0.05) is 35.9 Å². The van der Waals surface area contributed by atoms with Crippen molar-refractivity contribution in [2.45, 2.75) is 32.5 Å². The smallest absolute Gasteiger partial charge is 0.124 e. The molecule has 1 fully saturated rings. The number of nitrogens with zero attached hydrogens (tertiary/aromatic N) is 5. The number of ether oxygens (including phenoxy) is 1. The van der Waals surface area contributed by atoms with Crippen LogP contribution in [0.2, 0.25) is 5.02 Å². The second-order valence-corrected chi connectivity index (χ2v) is 8.81. The largest absolute Gasteiger partial charge is 0.369 e. The highest BCUT2D eigenvalue weighted by Gasteiger charge is 2.27. The Morgan fingerprint density at radius 2 is 1.94 bits per heavy atom. The van der Waals surface area contributed by atoms with Gasteiger partial charge in [-0.3, -0.25) is 14.9 Å². The maximum atomic E-state index is 6.22. The van der Waals surface area contributed by atoms with Crippen LogP contribution in [0.3, 0.4) is 0 Å². The topological polar surface area (TPSA) is 56.1 Å². The van der Waals surface area contributed by atoms with Gasteiger partial charge in [0.15, 0.2) is 0 Å². The molecule has 164 valence electrons. The summed E-state index contributed by atoms with van der Waals surface area (Å²) >= 11 is 6.22. The van der Waals surface area contributed by atoms with E-state index in [9.17, 15) is 0 Å². The predicted octanol–water partition coefficient (Wildman–Crippen LogP) is 5.30. The number of hydrogen-bond acceptors (Lipinski definition) is 5. The van der Waals surface area contributed by atoms with Crippen molar-refractivity contribution in [3.8, 4) is 11.3 Å². The van der Waals surface area contributed by atoms with Gasteiger partial charge in [0.25, 0.3) is 0 Å². The molecule has 2 aromatic carbocycles. The van der Waals surface area contributed by atoms with Crippen LogP contribution in [0.15, 0.2) is 60.9 Å². The summed E-state index contributed by atoms with van der Waals surface area (Å²) in [7, 11) is 0. The van der Waals surface area contributed by atoms with E-state index in [4.69, 9.17) is 21.3 Å². The standard InChI is InChI=1S/C25H26ClN5O/c1-17(2)31-21-9-4-3-8-20(21)29-23(31)16-30-12-13-32-22(15-30)25-24(27-10-11-28-25)18-6-5-7-19(26)14-18/h3-11,14,17,22H,12-13,15-16H2,1-2H3. The molecule has 32 heavy (non-hydrogen) atoms. The second kappa shape index (κ2) is 8.98. The number of aromatic nitrogens is 4. The van der Waals surface area contributed by atoms with Gasteiger partial charge in [0.05, 0.1) is 35.6 Å². The fourth-order valence-electron chi connectivity index (χ4n) is 4.44. The van der Waals surface area contributed by atoms with Crippen molar-refractivity contribution in [3.05, 3.63) is 77.5 Å². The van der Waals surface area contributed by atoms with Gasteiger partial charge in [-0.15, -0.1) is 0 Å². The van der Waals surface area contributed by atoms with Crippen molar-refractivity contribution in [2.24, 2.45) is 0 Å². The molecule has 7 heteroatoms. The SMILES string of the molecule is CC(C)n1c(CN2CCOC(c3nccnc3-c3cccc(Cl)c3)C2)nc2ccccc21. The lowest BCUT2D eigenvalue weighted by atomic mass is 10.1. The minimum absolute atomic E-state index is 0.164. The molecule has 0 aliphatic carbocycles. The molecule has 5 rings (SSSR count). The van der Waals surface area contributed by atoms with Crippen molar-refractivity contribution in [2.75, 3.05) is 19.7 Å². The molecule has 1 aliphatic rings. The van der Waals surface area contributed by atoms with Crippen LogP contribution in [-0.2, 0) is 11.3 Å². The van der Waals surface area contributed by atoms with Crippen LogP contribution >= 0.6 is 11.6 Å². The average molecular weight is 448 g/mol. The summed E-state index contributed by atoms with van der Waals surface area (Å²) in [5.41, 5.74) is 4.83. The molecule has 6 nitrogen and oxygen atoms in total. The van der Waals surface area contributed by atoms with Gasteiger partial charge in [0.2, 0.25) is 0 Å². The summed E-state index contributed by atoms with van der Waals surface area (Å²) in [6.45, 7) is 7.39. The number of benzene rings is 2. The second-order valence-electron chi connectivity index (χ2n) is 8.38. The quantitative estimate of drug-likeness (QED) is 0.415. The van der Waals surface area contributed by atoms with Crippen LogP contribution in [-0.4, -0.2) is 44.1 Å². The summed E-state index contributed by atoms with van der Waals surface area (Å²) < 4.78 is 8.49. The maximum Gasteiger partial charge on any atom is 0.124 e. The van der Waals surface area contributed by atoms with Crippen LogP contribution in [0.25, 0.3) is 22.3 Å². The summed E-state index contributed by atoms with van der Waals surface area (Å²) in [4.78, 5) is 16.6. The third-order valence-electron chi connectivity index (χ3n) is 5.83. The van der Waals surface area contributed by atoms with E-state index in [1.165, 1.54) is 5.52 Å². The van der Waals surface area contributed by atoms with Gasteiger partial charge < -0.3 is 9.30 Å². The summed E-state index contributed by atoms with van der Waals surface area (Å²) in [5, 5.41) is 0.679. The Kier molecular flexibility index (Phi) is 5.91. The molecule has 1 atom stereocenters. The Labute approximate surface area is 192 Å². The third kappa shape index (κ3) is 4.13. The molecule has 4 aromatic rings. The summed E-state index contributed by atoms with van der Waals surface area (Å²) in [6.07, 6.45) is 3.28. The van der Waals surface area contributed by atoms with Gasteiger partial charge in [0, 0.05) is 42.1 Å². The minimum Gasteiger partial charge on any atom is -0.369 e. The molecule has 1 aliphatic heterocycles. The molecular weight excluding hydrogens is 422 g/mol. The first kappa shape index (κ1) is 21.1. The Balaban J connectivity index is 1.42. The molecule has 1 saturated heterocycles. The van der Waals surface area contributed by atoms with Crippen LogP contribution in [0.1, 0.15) is 37.5 Å². The summed E-state index contributed by atoms with van der Waals surface area (Å²) in [5.74, 6) is 1.08. The van der Waals surface area contributed by atoms with Gasteiger partial charge in [-0.05, 0) is 38.1 Å². The van der Waals surface area contributed by atoms with Crippen molar-refractivity contribution in [1.29, 1.82) is 0 Å². The molecule has 0 radical (unpaired) electrons. The highest BCUT2D eigenvalue weighted by molar-refractivity contribution is 6.30. The van der Waals surface area contributed by atoms with Gasteiger partial charge in [-0.2, -0.15) is 0 Å². The van der Waals surface area contributed by atoms with E-state index in [2.05, 4.69) is 51.5 Å². The number of morpholine rings is 1. The molecule has 2 aromatic heterocycles.